The first-order valence-corrected chi connectivity index (χ1v) is 11.0. The van der Waals surface area contributed by atoms with Gasteiger partial charge in [0.05, 0.1) is 6.04 Å². The number of amides is 1. The third-order valence-electron chi connectivity index (χ3n) is 6.19. The number of fused-ring (bicyclic) bond motifs is 2. The number of aryl methyl sites for hydroxylation is 1. The van der Waals surface area contributed by atoms with E-state index in [9.17, 15) is 4.79 Å². The second-order valence-corrected chi connectivity index (χ2v) is 8.32. The maximum Gasteiger partial charge on any atom is 0.410 e. The summed E-state index contributed by atoms with van der Waals surface area (Å²) in [6.07, 6.45) is 11.3. The quantitative estimate of drug-likeness (QED) is 0.411. The van der Waals surface area contributed by atoms with Crippen LogP contribution in [0.15, 0.2) is 72.3 Å². The molecule has 0 saturated carbocycles. The summed E-state index contributed by atoms with van der Waals surface area (Å²) in [5.41, 5.74) is 4.01. The lowest BCUT2D eigenvalue weighted by molar-refractivity contribution is 0.0479. The molecule has 2 heterocycles. The molecule has 1 saturated heterocycles. The molecular formula is C26H31NO2. The molecular weight excluding hydrogens is 358 g/mol. The van der Waals surface area contributed by atoms with Gasteiger partial charge in [0.1, 0.15) is 6.61 Å². The highest BCUT2D eigenvalue weighted by Gasteiger charge is 2.37. The largest absolute Gasteiger partial charge is 0.445 e. The Bertz CT molecular complexity index is 815. The van der Waals surface area contributed by atoms with Gasteiger partial charge in [-0.05, 0) is 62.5 Å². The second kappa shape index (κ2) is 9.78. The van der Waals surface area contributed by atoms with Crippen molar-refractivity contribution in [3.05, 3.63) is 83.4 Å². The highest BCUT2D eigenvalue weighted by Crippen LogP contribution is 2.35. The molecule has 0 N–H and O–H groups in total. The summed E-state index contributed by atoms with van der Waals surface area (Å²) in [7, 11) is 0. The lowest BCUT2D eigenvalue weighted by Gasteiger charge is -2.44. The molecule has 2 unspecified atom stereocenters. The van der Waals surface area contributed by atoms with Crippen molar-refractivity contribution in [2.75, 3.05) is 0 Å². The Kier molecular flexibility index (Phi) is 6.66. The summed E-state index contributed by atoms with van der Waals surface area (Å²) in [5, 5.41) is 0. The van der Waals surface area contributed by atoms with Gasteiger partial charge in [0.2, 0.25) is 0 Å². The summed E-state index contributed by atoms with van der Waals surface area (Å²) in [4.78, 5) is 14.8. The molecule has 2 aromatic carbocycles. The standard InChI is InChI=1S/C26H31NO2/c28-26(29-20-22-13-5-2-6-14-22)27-24-16-9-17-25(27)19-23(18-24)15-8-7-12-21-10-3-1-4-11-21/h1-6,10-11,13-14,18,24-25H,7-9,12,15-17,19-20H2. The number of rotatable bonds is 7. The zero-order chi connectivity index (χ0) is 19.9. The van der Waals surface area contributed by atoms with Gasteiger partial charge in [0.15, 0.2) is 0 Å². The first-order valence-electron chi connectivity index (χ1n) is 11.0. The summed E-state index contributed by atoms with van der Waals surface area (Å²) >= 11 is 0. The minimum Gasteiger partial charge on any atom is -0.445 e. The van der Waals surface area contributed by atoms with Gasteiger partial charge in [0, 0.05) is 6.04 Å². The summed E-state index contributed by atoms with van der Waals surface area (Å²) in [5.74, 6) is 0. The van der Waals surface area contributed by atoms with Crippen molar-refractivity contribution in [2.24, 2.45) is 0 Å². The Balaban J connectivity index is 1.29. The van der Waals surface area contributed by atoms with Crippen molar-refractivity contribution in [2.45, 2.75) is 70.1 Å². The molecule has 2 bridgehead atoms. The van der Waals surface area contributed by atoms with Crippen molar-refractivity contribution >= 4 is 6.09 Å². The van der Waals surface area contributed by atoms with E-state index in [1.807, 2.05) is 35.2 Å². The average molecular weight is 390 g/mol. The van der Waals surface area contributed by atoms with Crippen LogP contribution in [0.3, 0.4) is 0 Å². The zero-order valence-corrected chi connectivity index (χ0v) is 17.1. The van der Waals surface area contributed by atoms with Crippen molar-refractivity contribution in [1.82, 2.24) is 4.90 Å². The number of unbranched alkanes of at least 4 members (excludes halogenated alkanes) is 1. The summed E-state index contributed by atoms with van der Waals surface area (Å²) in [6, 6.07) is 21.2. The minimum absolute atomic E-state index is 0.150. The van der Waals surface area contributed by atoms with Crippen LogP contribution in [0.5, 0.6) is 0 Å². The minimum atomic E-state index is -0.150. The fraction of sp³-hybridized carbons (Fsp3) is 0.423. The fourth-order valence-corrected chi connectivity index (χ4v) is 4.71. The first-order chi connectivity index (χ1) is 14.3. The number of carbonyl (C=O) groups is 1. The molecule has 1 fully saturated rings. The van der Waals surface area contributed by atoms with Gasteiger partial charge in [-0.15, -0.1) is 0 Å². The number of benzene rings is 2. The Morgan fingerprint density at radius 2 is 1.59 bits per heavy atom. The van der Waals surface area contributed by atoms with E-state index in [4.69, 9.17) is 4.74 Å². The monoisotopic (exact) mass is 389 g/mol. The SMILES string of the molecule is O=C(OCc1ccccc1)N1C2C=C(CCCCc3ccccc3)CC1CCC2. The van der Waals surface area contributed by atoms with Gasteiger partial charge in [-0.1, -0.05) is 72.3 Å². The van der Waals surface area contributed by atoms with Gasteiger partial charge >= 0.3 is 6.09 Å². The highest BCUT2D eigenvalue weighted by molar-refractivity contribution is 5.69. The summed E-state index contributed by atoms with van der Waals surface area (Å²) < 4.78 is 5.64. The molecule has 152 valence electrons. The predicted molar refractivity (Wildman–Crippen MR) is 117 cm³/mol. The Labute approximate surface area is 174 Å². The fourth-order valence-electron chi connectivity index (χ4n) is 4.71. The second-order valence-electron chi connectivity index (χ2n) is 8.32. The lowest BCUT2D eigenvalue weighted by Crippen LogP contribution is -2.51. The lowest BCUT2D eigenvalue weighted by atomic mass is 9.84. The van der Waals surface area contributed by atoms with E-state index in [1.165, 1.54) is 24.8 Å². The number of piperidine rings is 1. The highest BCUT2D eigenvalue weighted by atomic mass is 16.6. The van der Waals surface area contributed by atoms with E-state index >= 15 is 0 Å². The third-order valence-corrected chi connectivity index (χ3v) is 6.19. The number of hydrogen-bond donors (Lipinski definition) is 0. The van der Waals surface area contributed by atoms with Crippen LogP contribution < -0.4 is 0 Å². The van der Waals surface area contributed by atoms with E-state index in [-0.39, 0.29) is 12.1 Å². The molecule has 0 aliphatic carbocycles. The number of nitrogens with zero attached hydrogens (tertiary/aromatic N) is 1. The molecule has 3 heteroatoms. The van der Waals surface area contributed by atoms with Crippen molar-refractivity contribution in [1.29, 1.82) is 0 Å². The molecule has 3 nitrogen and oxygen atoms in total. The van der Waals surface area contributed by atoms with E-state index in [0.717, 1.165) is 37.7 Å². The molecule has 29 heavy (non-hydrogen) atoms. The average Bonchev–Trinajstić information content (AvgIpc) is 2.76. The molecule has 0 radical (unpaired) electrons. The Morgan fingerprint density at radius 3 is 2.31 bits per heavy atom. The van der Waals surface area contributed by atoms with Crippen LogP contribution in [-0.4, -0.2) is 23.1 Å². The normalized spacial score (nSPS) is 20.8. The molecule has 2 aliphatic heterocycles. The van der Waals surface area contributed by atoms with Crippen molar-refractivity contribution in [3.63, 3.8) is 0 Å². The van der Waals surface area contributed by atoms with Crippen LogP contribution in [0.25, 0.3) is 0 Å². The van der Waals surface area contributed by atoms with E-state index in [2.05, 4.69) is 36.4 Å². The van der Waals surface area contributed by atoms with Crippen LogP contribution in [-0.2, 0) is 17.8 Å². The molecule has 0 spiro atoms. The van der Waals surface area contributed by atoms with E-state index in [1.54, 1.807) is 5.57 Å². The van der Waals surface area contributed by atoms with Crippen LogP contribution in [0.4, 0.5) is 4.79 Å². The first kappa shape index (κ1) is 19.8. The van der Waals surface area contributed by atoms with Gasteiger partial charge in [-0.25, -0.2) is 4.79 Å². The number of ether oxygens (including phenoxy) is 1. The topological polar surface area (TPSA) is 29.5 Å². The smallest absolute Gasteiger partial charge is 0.410 e. The van der Waals surface area contributed by atoms with Crippen LogP contribution in [0.2, 0.25) is 0 Å². The van der Waals surface area contributed by atoms with E-state index < -0.39 is 0 Å². The summed E-state index contributed by atoms with van der Waals surface area (Å²) in [6.45, 7) is 0.353. The molecule has 4 rings (SSSR count). The van der Waals surface area contributed by atoms with Gasteiger partial charge in [-0.3, -0.25) is 4.90 Å². The van der Waals surface area contributed by atoms with Gasteiger partial charge in [0.25, 0.3) is 0 Å². The predicted octanol–water partition coefficient (Wildman–Crippen LogP) is 6.29. The van der Waals surface area contributed by atoms with E-state index in [0.29, 0.717) is 12.6 Å². The molecule has 2 aromatic rings. The van der Waals surface area contributed by atoms with Gasteiger partial charge < -0.3 is 4.74 Å². The zero-order valence-electron chi connectivity index (χ0n) is 17.1. The maximum absolute atomic E-state index is 12.8. The molecule has 0 aromatic heterocycles. The number of carbonyl (C=O) groups excluding carboxylic acids is 1. The van der Waals surface area contributed by atoms with Crippen LogP contribution in [0.1, 0.15) is 56.1 Å². The maximum atomic E-state index is 12.8. The number of hydrogen-bond acceptors (Lipinski definition) is 2. The molecule has 1 amide bonds. The Morgan fingerprint density at radius 1 is 0.897 bits per heavy atom. The molecule has 2 atom stereocenters. The Hall–Kier alpha value is -2.55. The molecule has 2 aliphatic rings. The van der Waals surface area contributed by atoms with Crippen molar-refractivity contribution in [3.8, 4) is 0 Å². The van der Waals surface area contributed by atoms with Gasteiger partial charge in [-0.2, -0.15) is 0 Å². The van der Waals surface area contributed by atoms with Crippen molar-refractivity contribution < 1.29 is 9.53 Å². The third kappa shape index (κ3) is 5.29. The van der Waals surface area contributed by atoms with Crippen LogP contribution in [0, 0.1) is 0 Å². The van der Waals surface area contributed by atoms with Crippen LogP contribution >= 0.6 is 0 Å².